The molecule has 0 amide bonds. The van der Waals surface area contributed by atoms with Crippen LogP contribution in [0.1, 0.15) is 13.8 Å². The summed E-state index contributed by atoms with van der Waals surface area (Å²) in [5, 5.41) is 2.39. The molecule has 1 aromatic heterocycles. The molecular weight excluding hydrogens is 272 g/mol. The van der Waals surface area contributed by atoms with Crippen LogP contribution in [0.15, 0.2) is 36.5 Å². The summed E-state index contributed by atoms with van der Waals surface area (Å²) >= 11 is 6.01. The Hall–Kier alpha value is -1.32. The Balaban J connectivity index is 2.01. The fourth-order valence-corrected chi connectivity index (χ4v) is 3.05. The van der Waals surface area contributed by atoms with E-state index in [9.17, 15) is 0 Å². The van der Waals surface area contributed by atoms with E-state index in [2.05, 4.69) is 48.0 Å². The number of hydrogen-bond acceptors (Lipinski definition) is 3. The van der Waals surface area contributed by atoms with Gasteiger partial charge in [-0.2, -0.15) is 0 Å². The van der Waals surface area contributed by atoms with Crippen LogP contribution in [0, 0.1) is 0 Å². The highest BCUT2D eigenvalue weighted by molar-refractivity contribution is 6.18. The first-order valence-electron chi connectivity index (χ1n) is 6.91. The minimum absolute atomic E-state index is 0.0428. The Morgan fingerprint density at radius 1 is 1.35 bits per heavy atom. The number of alkyl halides is 1. The average Bonchev–Trinajstić information content (AvgIpc) is 2.45. The first-order chi connectivity index (χ1) is 9.59. The van der Waals surface area contributed by atoms with Gasteiger partial charge in [0.15, 0.2) is 0 Å². The molecule has 2 heterocycles. The molecule has 20 heavy (non-hydrogen) atoms. The molecule has 2 aromatic rings. The summed E-state index contributed by atoms with van der Waals surface area (Å²) in [6.07, 6.45) is 1.91. The van der Waals surface area contributed by atoms with Crippen molar-refractivity contribution in [3.05, 3.63) is 36.5 Å². The topological polar surface area (TPSA) is 25.4 Å². The molecule has 1 aliphatic rings. The van der Waals surface area contributed by atoms with Gasteiger partial charge in [-0.1, -0.05) is 24.3 Å². The molecule has 1 aromatic carbocycles. The van der Waals surface area contributed by atoms with Gasteiger partial charge in [0.2, 0.25) is 0 Å². The smallest absolute Gasteiger partial charge is 0.136 e. The number of rotatable bonds is 2. The quantitative estimate of drug-likeness (QED) is 0.792. The zero-order valence-corrected chi connectivity index (χ0v) is 12.6. The minimum Gasteiger partial charge on any atom is -0.367 e. The number of hydrogen-bond donors (Lipinski definition) is 0. The second-order valence-corrected chi connectivity index (χ2v) is 6.20. The van der Waals surface area contributed by atoms with Crippen molar-refractivity contribution < 1.29 is 4.74 Å². The lowest BCUT2D eigenvalue weighted by Gasteiger charge is -2.43. The summed E-state index contributed by atoms with van der Waals surface area (Å²) in [4.78, 5) is 6.88. The summed E-state index contributed by atoms with van der Waals surface area (Å²) in [7, 11) is 0. The predicted octanol–water partition coefficient (Wildman–Crippen LogP) is 3.46. The number of pyridine rings is 1. The van der Waals surface area contributed by atoms with Crippen LogP contribution in [0.2, 0.25) is 0 Å². The molecule has 0 spiro atoms. The lowest BCUT2D eigenvalue weighted by Crippen LogP contribution is -2.53. The van der Waals surface area contributed by atoms with Gasteiger partial charge in [0.05, 0.1) is 17.6 Å². The van der Waals surface area contributed by atoms with Crippen molar-refractivity contribution in [3.63, 3.8) is 0 Å². The van der Waals surface area contributed by atoms with Crippen LogP contribution in [0.5, 0.6) is 0 Å². The predicted molar refractivity (Wildman–Crippen MR) is 83.6 cm³/mol. The van der Waals surface area contributed by atoms with Crippen LogP contribution in [-0.4, -0.2) is 35.7 Å². The maximum atomic E-state index is 6.01. The second-order valence-electron chi connectivity index (χ2n) is 5.89. The molecule has 1 unspecified atom stereocenters. The molecule has 1 aliphatic heterocycles. The lowest BCUT2D eigenvalue weighted by molar-refractivity contribution is -0.0735. The Kier molecular flexibility index (Phi) is 3.57. The van der Waals surface area contributed by atoms with Crippen molar-refractivity contribution in [2.45, 2.75) is 25.6 Å². The summed E-state index contributed by atoms with van der Waals surface area (Å²) in [6, 6.07) is 10.4. The Bertz CT molecular complexity index is 609. The molecule has 0 saturated carbocycles. The number of halogens is 1. The van der Waals surface area contributed by atoms with E-state index in [0.29, 0.717) is 5.88 Å². The molecule has 1 fully saturated rings. The molecule has 4 heteroatoms. The number of fused-ring (bicyclic) bond motifs is 1. The third kappa shape index (κ3) is 2.60. The standard InChI is InChI=1S/C16H19ClN2O/c1-16(2)11-19(10-13(9-17)20-16)15-14-6-4-3-5-12(14)7-8-18-15/h3-8,13H,9-11H2,1-2H3. The van der Waals surface area contributed by atoms with Gasteiger partial charge in [-0.3, -0.25) is 0 Å². The zero-order valence-electron chi connectivity index (χ0n) is 11.8. The molecule has 0 N–H and O–H groups in total. The van der Waals surface area contributed by atoms with E-state index in [-0.39, 0.29) is 11.7 Å². The number of aromatic nitrogens is 1. The molecule has 0 aliphatic carbocycles. The van der Waals surface area contributed by atoms with Gasteiger partial charge in [0, 0.05) is 24.7 Å². The summed E-state index contributed by atoms with van der Waals surface area (Å²) in [6.45, 7) is 5.81. The maximum absolute atomic E-state index is 6.01. The van der Waals surface area contributed by atoms with Crippen molar-refractivity contribution in [2.24, 2.45) is 0 Å². The molecule has 0 bridgehead atoms. The van der Waals surface area contributed by atoms with Crippen LogP contribution >= 0.6 is 11.6 Å². The Labute approximate surface area is 124 Å². The van der Waals surface area contributed by atoms with Crippen LogP contribution < -0.4 is 4.90 Å². The highest BCUT2D eigenvalue weighted by atomic mass is 35.5. The zero-order chi connectivity index (χ0) is 14.2. The summed E-state index contributed by atoms with van der Waals surface area (Å²) < 4.78 is 5.99. The van der Waals surface area contributed by atoms with E-state index in [0.717, 1.165) is 18.9 Å². The van der Waals surface area contributed by atoms with Gasteiger partial charge in [-0.25, -0.2) is 4.98 Å². The fourth-order valence-electron chi connectivity index (χ4n) is 2.89. The van der Waals surface area contributed by atoms with Gasteiger partial charge in [0.1, 0.15) is 5.82 Å². The highest BCUT2D eigenvalue weighted by Gasteiger charge is 2.34. The Morgan fingerprint density at radius 2 is 2.15 bits per heavy atom. The number of anilines is 1. The summed E-state index contributed by atoms with van der Waals surface area (Å²) in [5.41, 5.74) is -0.212. The Morgan fingerprint density at radius 3 is 2.95 bits per heavy atom. The lowest BCUT2D eigenvalue weighted by atomic mass is 10.0. The van der Waals surface area contributed by atoms with Crippen LogP contribution in [0.4, 0.5) is 5.82 Å². The minimum atomic E-state index is -0.212. The molecular formula is C16H19ClN2O. The highest BCUT2D eigenvalue weighted by Crippen LogP contribution is 2.30. The monoisotopic (exact) mass is 290 g/mol. The van der Waals surface area contributed by atoms with Crippen molar-refractivity contribution in [1.82, 2.24) is 4.98 Å². The van der Waals surface area contributed by atoms with Gasteiger partial charge in [0.25, 0.3) is 0 Å². The van der Waals surface area contributed by atoms with E-state index in [1.165, 1.54) is 10.8 Å². The van der Waals surface area contributed by atoms with Crippen LogP contribution in [-0.2, 0) is 4.74 Å². The van der Waals surface area contributed by atoms with Gasteiger partial charge in [-0.15, -0.1) is 11.6 Å². The van der Waals surface area contributed by atoms with Gasteiger partial charge >= 0.3 is 0 Å². The van der Waals surface area contributed by atoms with Crippen molar-refractivity contribution in [1.29, 1.82) is 0 Å². The van der Waals surface area contributed by atoms with E-state index < -0.39 is 0 Å². The van der Waals surface area contributed by atoms with Crippen molar-refractivity contribution in [3.8, 4) is 0 Å². The largest absolute Gasteiger partial charge is 0.367 e. The molecule has 106 valence electrons. The van der Waals surface area contributed by atoms with E-state index in [1.54, 1.807) is 0 Å². The third-order valence-corrected chi connectivity index (χ3v) is 3.95. The second kappa shape index (κ2) is 5.23. The number of ether oxygens (including phenoxy) is 1. The number of benzene rings is 1. The molecule has 0 radical (unpaired) electrons. The van der Waals surface area contributed by atoms with Crippen LogP contribution in [0.3, 0.4) is 0 Å². The van der Waals surface area contributed by atoms with E-state index in [1.807, 2.05) is 12.3 Å². The fraction of sp³-hybridized carbons (Fsp3) is 0.438. The maximum Gasteiger partial charge on any atom is 0.136 e. The number of nitrogens with zero attached hydrogens (tertiary/aromatic N) is 2. The van der Waals surface area contributed by atoms with Crippen molar-refractivity contribution in [2.75, 3.05) is 23.9 Å². The first-order valence-corrected chi connectivity index (χ1v) is 7.45. The SMILES string of the molecule is CC1(C)CN(c2nccc3ccccc23)CC(CCl)O1. The average molecular weight is 291 g/mol. The normalized spacial score (nSPS) is 22.1. The van der Waals surface area contributed by atoms with E-state index >= 15 is 0 Å². The molecule has 1 saturated heterocycles. The van der Waals surface area contributed by atoms with Gasteiger partial charge < -0.3 is 9.64 Å². The summed E-state index contributed by atoms with van der Waals surface area (Å²) in [5.74, 6) is 1.53. The number of morpholine rings is 1. The third-order valence-electron chi connectivity index (χ3n) is 3.61. The van der Waals surface area contributed by atoms with Crippen molar-refractivity contribution >= 4 is 28.2 Å². The van der Waals surface area contributed by atoms with Crippen LogP contribution in [0.25, 0.3) is 10.8 Å². The van der Waals surface area contributed by atoms with Gasteiger partial charge in [-0.05, 0) is 25.3 Å². The molecule has 3 nitrogen and oxygen atoms in total. The van der Waals surface area contributed by atoms with E-state index in [4.69, 9.17) is 16.3 Å². The molecule has 1 atom stereocenters. The molecule has 3 rings (SSSR count). The first kappa shape index (κ1) is 13.7.